The maximum absolute atomic E-state index is 12.3. The van der Waals surface area contributed by atoms with Crippen molar-refractivity contribution in [3.05, 3.63) is 59.2 Å². The minimum atomic E-state index is -3.69. The molecule has 2 aromatic rings. The maximum atomic E-state index is 12.3. The molecule has 150 valence electrons. The molecule has 0 atom stereocenters. The Bertz CT molecular complexity index is 1000. The van der Waals surface area contributed by atoms with E-state index in [1.54, 1.807) is 12.1 Å². The van der Waals surface area contributed by atoms with E-state index in [1.165, 1.54) is 44.4 Å². The first-order chi connectivity index (χ1) is 13.0. The number of benzene rings is 2. The third kappa shape index (κ3) is 4.68. The van der Waals surface area contributed by atoms with Gasteiger partial charge >= 0.3 is 0 Å². The number of carbonyl (C=O) groups is 2. The molecule has 2 aromatic carbocycles. The number of rotatable bonds is 5. The smallest absolute Gasteiger partial charge is 0.273 e. The average molecular weight is 405 g/mol. The van der Waals surface area contributed by atoms with E-state index in [0.717, 1.165) is 9.87 Å². The summed E-state index contributed by atoms with van der Waals surface area (Å²) in [6.07, 6.45) is 0. The van der Waals surface area contributed by atoms with E-state index < -0.39 is 21.8 Å². The Morgan fingerprint density at radius 2 is 1.64 bits per heavy atom. The second-order valence-corrected chi connectivity index (χ2v) is 8.81. The molecule has 0 spiro atoms. The van der Waals surface area contributed by atoms with Crippen LogP contribution in [0.25, 0.3) is 0 Å². The predicted molar refractivity (Wildman–Crippen MR) is 104 cm³/mol. The largest absolute Gasteiger partial charge is 0.507 e. The fraction of sp³-hybridized carbons (Fsp3) is 0.263. The van der Waals surface area contributed by atoms with Crippen molar-refractivity contribution in [2.24, 2.45) is 0 Å². The molecule has 0 fully saturated rings. The number of phenolic OH excluding ortho intramolecular Hbond substituents is 1. The Labute approximate surface area is 164 Å². The molecule has 0 saturated heterocycles. The number of carbonyl (C=O) groups excluding carboxylic acids is 2. The van der Waals surface area contributed by atoms with E-state index in [4.69, 9.17) is 0 Å². The zero-order valence-corrected chi connectivity index (χ0v) is 16.9. The van der Waals surface area contributed by atoms with Crippen LogP contribution in [0.3, 0.4) is 0 Å². The second-order valence-electron chi connectivity index (χ2n) is 6.65. The number of nitrogens with one attached hydrogen (secondary N) is 2. The van der Waals surface area contributed by atoms with Gasteiger partial charge in [-0.05, 0) is 41.8 Å². The molecule has 9 heteroatoms. The Hall–Kier alpha value is -2.91. The summed E-state index contributed by atoms with van der Waals surface area (Å²) in [5.74, 6) is -1.44. The van der Waals surface area contributed by atoms with Crippen LogP contribution >= 0.6 is 0 Å². The van der Waals surface area contributed by atoms with Gasteiger partial charge in [-0.15, -0.1) is 0 Å². The van der Waals surface area contributed by atoms with Gasteiger partial charge < -0.3 is 5.11 Å². The molecule has 0 heterocycles. The maximum Gasteiger partial charge on any atom is 0.273 e. The normalized spacial score (nSPS) is 11.5. The van der Waals surface area contributed by atoms with Gasteiger partial charge in [0.15, 0.2) is 0 Å². The van der Waals surface area contributed by atoms with Gasteiger partial charge in [-0.25, -0.2) is 12.7 Å². The number of hydrogen-bond donors (Lipinski definition) is 3. The van der Waals surface area contributed by atoms with E-state index in [9.17, 15) is 23.1 Å². The molecular formula is C19H23N3O5S. The SMILES string of the molecule is CC(C)c1ccc(O)c(C(=O)NNC(=O)c2cccc(S(=O)(=O)N(C)C)c2)c1. The Morgan fingerprint density at radius 1 is 1.00 bits per heavy atom. The molecule has 0 aliphatic heterocycles. The summed E-state index contributed by atoms with van der Waals surface area (Å²) >= 11 is 0. The van der Waals surface area contributed by atoms with Crippen LogP contribution in [0.1, 0.15) is 46.0 Å². The van der Waals surface area contributed by atoms with Gasteiger partial charge in [0.25, 0.3) is 11.8 Å². The zero-order chi connectivity index (χ0) is 21.1. The molecule has 8 nitrogen and oxygen atoms in total. The average Bonchev–Trinajstić information content (AvgIpc) is 2.65. The van der Waals surface area contributed by atoms with Crippen molar-refractivity contribution >= 4 is 21.8 Å². The van der Waals surface area contributed by atoms with E-state index in [-0.39, 0.29) is 27.7 Å². The molecular weight excluding hydrogens is 382 g/mol. The van der Waals surface area contributed by atoms with Gasteiger partial charge in [0.2, 0.25) is 10.0 Å². The first kappa shape index (κ1) is 21.4. The second kappa shape index (κ2) is 8.41. The Kier molecular flexibility index (Phi) is 6.42. The van der Waals surface area contributed by atoms with Crippen LogP contribution in [0.4, 0.5) is 0 Å². The molecule has 0 bridgehead atoms. The monoisotopic (exact) mass is 405 g/mol. The van der Waals surface area contributed by atoms with Gasteiger partial charge in [-0.2, -0.15) is 0 Å². The Balaban J connectivity index is 2.15. The van der Waals surface area contributed by atoms with E-state index in [1.807, 2.05) is 13.8 Å². The highest BCUT2D eigenvalue weighted by atomic mass is 32.2. The minimum Gasteiger partial charge on any atom is -0.507 e. The number of hydrogen-bond acceptors (Lipinski definition) is 5. The van der Waals surface area contributed by atoms with Crippen LogP contribution in [0.15, 0.2) is 47.4 Å². The quantitative estimate of drug-likeness (QED) is 0.657. The molecule has 28 heavy (non-hydrogen) atoms. The molecule has 0 radical (unpaired) electrons. The molecule has 3 N–H and O–H groups in total. The van der Waals surface area contributed by atoms with E-state index in [2.05, 4.69) is 10.9 Å². The first-order valence-electron chi connectivity index (χ1n) is 8.50. The van der Waals surface area contributed by atoms with Crippen LogP contribution in [0, 0.1) is 0 Å². The molecule has 2 amide bonds. The third-order valence-corrected chi connectivity index (χ3v) is 5.91. The highest BCUT2D eigenvalue weighted by molar-refractivity contribution is 7.89. The number of nitrogens with zero attached hydrogens (tertiary/aromatic N) is 1. The summed E-state index contributed by atoms with van der Waals surface area (Å²) in [5, 5.41) is 9.90. The number of amides is 2. The van der Waals surface area contributed by atoms with Gasteiger partial charge in [0, 0.05) is 19.7 Å². The van der Waals surface area contributed by atoms with E-state index >= 15 is 0 Å². The lowest BCUT2D eigenvalue weighted by atomic mass is 10.00. The summed E-state index contributed by atoms with van der Waals surface area (Å²) in [7, 11) is -0.915. The summed E-state index contributed by atoms with van der Waals surface area (Å²) in [5.41, 5.74) is 5.39. The van der Waals surface area contributed by atoms with Crippen molar-refractivity contribution in [1.82, 2.24) is 15.2 Å². The van der Waals surface area contributed by atoms with Crippen LogP contribution in [0.2, 0.25) is 0 Å². The van der Waals surface area contributed by atoms with Gasteiger partial charge in [-0.1, -0.05) is 26.0 Å². The van der Waals surface area contributed by atoms with Crippen molar-refractivity contribution in [3.63, 3.8) is 0 Å². The molecule has 0 aromatic heterocycles. The van der Waals surface area contributed by atoms with Crippen LogP contribution in [-0.4, -0.2) is 43.7 Å². The highest BCUT2D eigenvalue weighted by Crippen LogP contribution is 2.23. The van der Waals surface area contributed by atoms with Crippen molar-refractivity contribution in [1.29, 1.82) is 0 Å². The molecule has 0 aliphatic carbocycles. The van der Waals surface area contributed by atoms with E-state index in [0.29, 0.717) is 0 Å². The van der Waals surface area contributed by atoms with Gasteiger partial charge in [0.05, 0.1) is 10.5 Å². The lowest BCUT2D eigenvalue weighted by Gasteiger charge is -2.13. The minimum absolute atomic E-state index is 0.0236. The number of sulfonamides is 1. The zero-order valence-electron chi connectivity index (χ0n) is 16.1. The van der Waals surface area contributed by atoms with Crippen molar-refractivity contribution < 1.29 is 23.1 Å². The van der Waals surface area contributed by atoms with Gasteiger partial charge in [0.1, 0.15) is 5.75 Å². The van der Waals surface area contributed by atoms with Crippen molar-refractivity contribution in [2.45, 2.75) is 24.7 Å². The van der Waals surface area contributed by atoms with Crippen LogP contribution in [-0.2, 0) is 10.0 Å². The third-order valence-electron chi connectivity index (χ3n) is 4.10. The fourth-order valence-electron chi connectivity index (χ4n) is 2.36. The van der Waals surface area contributed by atoms with Crippen LogP contribution in [0.5, 0.6) is 5.75 Å². The summed E-state index contributed by atoms with van der Waals surface area (Å²) in [4.78, 5) is 24.6. The lowest BCUT2D eigenvalue weighted by Crippen LogP contribution is -2.41. The summed E-state index contributed by atoms with van der Waals surface area (Å²) in [6, 6.07) is 10.1. The number of phenols is 1. The fourth-order valence-corrected chi connectivity index (χ4v) is 3.30. The molecule has 0 aliphatic rings. The number of hydrazine groups is 1. The topological polar surface area (TPSA) is 116 Å². The standard InChI is InChI=1S/C19H23N3O5S/c1-12(2)13-8-9-17(23)16(11-13)19(25)21-20-18(24)14-6-5-7-15(10-14)28(26,27)22(3)4/h5-12,23H,1-4H3,(H,20,24)(H,21,25). The molecule has 2 rings (SSSR count). The summed E-state index contributed by atoms with van der Waals surface area (Å²) < 4.78 is 25.4. The van der Waals surface area contributed by atoms with Crippen molar-refractivity contribution in [3.8, 4) is 5.75 Å². The van der Waals surface area contributed by atoms with Crippen LogP contribution < -0.4 is 10.9 Å². The number of aromatic hydroxyl groups is 1. The summed E-state index contributed by atoms with van der Waals surface area (Å²) in [6.45, 7) is 3.90. The lowest BCUT2D eigenvalue weighted by molar-refractivity contribution is 0.0845. The first-order valence-corrected chi connectivity index (χ1v) is 9.94. The molecule has 0 saturated carbocycles. The Morgan fingerprint density at radius 3 is 2.25 bits per heavy atom. The predicted octanol–water partition coefficient (Wildman–Crippen LogP) is 1.84. The highest BCUT2D eigenvalue weighted by Gasteiger charge is 2.19. The van der Waals surface area contributed by atoms with Gasteiger partial charge in [-0.3, -0.25) is 20.4 Å². The van der Waals surface area contributed by atoms with Crippen molar-refractivity contribution in [2.75, 3.05) is 14.1 Å². The molecule has 0 unspecified atom stereocenters.